The van der Waals surface area contributed by atoms with E-state index in [0.717, 1.165) is 44.1 Å². The summed E-state index contributed by atoms with van der Waals surface area (Å²) in [4.78, 5) is 40.4. The molecular formula is C29H38N2O7. The van der Waals surface area contributed by atoms with Crippen molar-refractivity contribution < 1.29 is 34.1 Å². The van der Waals surface area contributed by atoms with Crippen LogP contribution in [0.3, 0.4) is 0 Å². The molecule has 1 aromatic rings. The van der Waals surface area contributed by atoms with Gasteiger partial charge in [-0.15, -0.1) is 0 Å². The highest BCUT2D eigenvalue weighted by molar-refractivity contribution is 5.97. The van der Waals surface area contributed by atoms with Gasteiger partial charge >= 0.3 is 0 Å². The van der Waals surface area contributed by atoms with Crippen LogP contribution in [0.2, 0.25) is 0 Å². The molecule has 0 spiro atoms. The number of nitrogens with one attached hydrogen (secondary N) is 1. The number of ether oxygens (including phenoxy) is 2. The highest BCUT2D eigenvalue weighted by Crippen LogP contribution is 2.51. The second-order valence-corrected chi connectivity index (χ2v) is 10.5. The molecule has 0 radical (unpaired) electrons. The Morgan fingerprint density at radius 1 is 1.18 bits per heavy atom. The first kappa shape index (κ1) is 27.9. The molecule has 0 saturated heterocycles. The summed E-state index contributed by atoms with van der Waals surface area (Å²) in [6, 6.07) is 2.31. The second kappa shape index (κ2) is 12.1. The minimum absolute atomic E-state index is 0.0508. The third kappa shape index (κ3) is 5.49. The first-order valence-corrected chi connectivity index (χ1v) is 13.4. The molecular weight excluding hydrogens is 488 g/mol. The third-order valence-electron chi connectivity index (χ3n) is 7.62. The molecule has 4 atom stereocenters. The number of carbonyl (C=O) groups excluding carboxylic acids is 3. The van der Waals surface area contributed by atoms with Crippen molar-refractivity contribution >= 4 is 18.1 Å². The predicted octanol–water partition coefficient (Wildman–Crippen LogP) is 2.65. The van der Waals surface area contributed by atoms with Crippen LogP contribution in [0, 0.1) is 0 Å². The number of aliphatic hydroxyl groups is 2. The van der Waals surface area contributed by atoms with Crippen molar-refractivity contribution in [3.63, 3.8) is 0 Å². The topological polar surface area (TPSA) is 125 Å². The van der Waals surface area contributed by atoms with Gasteiger partial charge in [-0.05, 0) is 44.9 Å². The first-order valence-electron chi connectivity index (χ1n) is 13.4. The number of aliphatic hydroxyl groups excluding tert-OH is 2. The molecule has 3 N–H and O–H groups in total. The van der Waals surface area contributed by atoms with Gasteiger partial charge in [-0.3, -0.25) is 14.4 Å². The molecule has 1 aromatic carbocycles. The average molecular weight is 527 g/mol. The summed E-state index contributed by atoms with van der Waals surface area (Å²) >= 11 is 0. The molecule has 2 amide bonds. The van der Waals surface area contributed by atoms with Gasteiger partial charge in [-0.25, -0.2) is 0 Å². The number of amides is 2. The molecule has 0 aromatic heterocycles. The molecule has 9 nitrogen and oxygen atoms in total. The van der Waals surface area contributed by atoms with Gasteiger partial charge in [0.1, 0.15) is 18.5 Å². The molecule has 2 aliphatic carbocycles. The maximum atomic E-state index is 13.6. The molecule has 3 aliphatic rings. The Kier molecular flexibility index (Phi) is 8.89. The monoisotopic (exact) mass is 526 g/mol. The lowest BCUT2D eigenvalue weighted by molar-refractivity contribution is -0.135. The minimum atomic E-state index is -1.14. The van der Waals surface area contributed by atoms with Crippen molar-refractivity contribution in [3.05, 3.63) is 46.6 Å². The van der Waals surface area contributed by atoms with E-state index in [9.17, 15) is 24.6 Å². The van der Waals surface area contributed by atoms with Crippen molar-refractivity contribution in [1.29, 1.82) is 0 Å². The van der Waals surface area contributed by atoms with E-state index in [0.29, 0.717) is 34.5 Å². The Bertz CT molecular complexity index is 1120. The molecule has 1 heterocycles. The van der Waals surface area contributed by atoms with Crippen LogP contribution in [0.15, 0.2) is 35.4 Å². The van der Waals surface area contributed by atoms with Crippen LogP contribution in [-0.4, -0.2) is 77.8 Å². The molecule has 1 aliphatic heterocycles. The van der Waals surface area contributed by atoms with Crippen LogP contribution in [0.1, 0.15) is 74.2 Å². The van der Waals surface area contributed by atoms with E-state index in [1.54, 1.807) is 29.2 Å². The van der Waals surface area contributed by atoms with Gasteiger partial charge in [0.15, 0.2) is 11.5 Å². The van der Waals surface area contributed by atoms with E-state index in [1.807, 2.05) is 13.8 Å². The summed E-state index contributed by atoms with van der Waals surface area (Å²) in [7, 11) is 1.46. The van der Waals surface area contributed by atoms with E-state index < -0.39 is 30.1 Å². The maximum absolute atomic E-state index is 13.6. The number of hydrogen-bond donors (Lipinski definition) is 3. The Balaban J connectivity index is 1.84. The fourth-order valence-electron chi connectivity index (χ4n) is 5.96. The number of carbonyl (C=O) groups is 3. The molecule has 9 heteroatoms. The molecule has 1 fully saturated rings. The normalized spacial score (nSPS) is 24.6. The standard InChI is InChI=1S/C29H38N2O7/c1-17(2)12-24(34)31(19-8-6-4-5-7-9-19)22-15-21(29(36)30-10-11-32)25-20-13-18(16-33)14-23(37-3)27(20)38-28(25)26(22)35/h12-16,19,22,25-26,28,32,35H,4-11H2,1-3H3,(H,30,36)/t22-,25+,26+,28+/m1/s1. The van der Waals surface area contributed by atoms with Crippen molar-refractivity contribution in [3.8, 4) is 11.5 Å². The Morgan fingerprint density at radius 2 is 1.89 bits per heavy atom. The highest BCUT2D eigenvalue weighted by Gasteiger charge is 2.52. The molecule has 1 saturated carbocycles. The van der Waals surface area contributed by atoms with Gasteiger partial charge in [0.2, 0.25) is 11.8 Å². The van der Waals surface area contributed by atoms with Crippen LogP contribution in [0.25, 0.3) is 0 Å². The fourth-order valence-corrected chi connectivity index (χ4v) is 5.96. The van der Waals surface area contributed by atoms with Crippen LogP contribution < -0.4 is 14.8 Å². The highest BCUT2D eigenvalue weighted by atomic mass is 16.5. The van der Waals surface area contributed by atoms with E-state index in [4.69, 9.17) is 9.47 Å². The van der Waals surface area contributed by atoms with E-state index in [-0.39, 0.29) is 25.1 Å². The quantitative estimate of drug-likeness (QED) is 0.270. The van der Waals surface area contributed by atoms with Crippen LogP contribution in [-0.2, 0) is 9.59 Å². The molecule has 206 valence electrons. The van der Waals surface area contributed by atoms with Gasteiger partial charge < -0.3 is 29.9 Å². The molecule has 0 bridgehead atoms. The summed E-state index contributed by atoms with van der Waals surface area (Å²) in [6.07, 6.45) is 7.74. The Hall–Kier alpha value is -3.17. The molecule has 38 heavy (non-hydrogen) atoms. The van der Waals surface area contributed by atoms with Gasteiger partial charge in [0, 0.05) is 35.4 Å². The number of allylic oxidation sites excluding steroid dienone is 1. The number of benzene rings is 1. The van der Waals surface area contributed by atoms with Crippen LogP contribution in [0.5, 0.6) is 11.5 Å². The summed E-state index contributed by atoms with van der Waals surface area (Å²) < 4.78 is 11.7. The average Bonchev–Trinajstić information content (AvgIpc) is 3.08. The number of aldehydes is 1. The van der Waals surface area contributed by atoms with Crippen LogP contribution >= 0.6 is 0 Å². The third-order valence-corrected chi connectivity index (χ3v) is 7.62. The zero-order chi connectivity index (χ0) is 27.4. The van der Waals surface area contributed by atoms with Crippen molar-refractivity contribution in [2.75, 3.05) is 20.3 Å². The molecule has 4 rings (SSSR count). The summed E-state index contributed by atoms with van der Waals surface area (Å²) in [5, 5.41) is 23.8. The van der Waals surface area contributed by atoms with E-state index in [1.165, 1.54) is 7.11 Å². The lowest BCUT2D eigenvalue weighted by atomic mass is 9.76. The molecule has 0 unspecified atom stereocenters. The smallest absolute Gasteiger partial charge is 0.247 e. The van der Waals surface area contributed by atoms with Crippen molar-refractivity contribution in [2.45, 2.75) is 82.6 Å². The van der Waals surface area contributed by atoms with Gasteiger partial charge in [-0.1, -0.05) is 31.3 Å². The Labute approximate surface area is 223 Å². The summed E-state index contributed by atoms with van der Waals surface area (Å²) in [5.74, 6) is -0.613. The second-order valence-electron chi connectivity index (χ2n) is 10.5. The number of fused-ring (bicyclic) bond motifs is 3. The van der Waals surface area contributed by atoms with E-state index >= 15 is 0 Å². The number of methoxy groups -OCH3 is 1. The van der Waals surface area contributed by atoms with Gasteiger partial charge in [-0.2, -0.15) is 0 Å². The van der Waals surface area contributed by atoms with Gasteiger partial charge in [0.05, 0.1) is 25.7 Å². The fraction of sp³-hybridized carbons (Fsp3) is 0.552. The lowest BCUT2D eigenvalue weighted by Gasteiger charge is -2.43. The lowest BCUT2D eigenvalue weighted by Crippen LogP contribution is -2.58. The van der Waals surface area contributed by atoms with Crippen molar-refractivity contribution in [1.82, 2.24) is 10.2 Å². The first-order chi connectivity index (χ1) is 18.3. The van der Waals surface area contributed by atoms with Gasteiger partial charge in [0.25, 0.3) is 0 Å². The minimum Gasteiger partial charge on any atom is -0.493 e. The summed E-state index contributed by atoms with van der Waals surface area (Å²) in [5.41, 5.74) is 2.09. The number of nitrogens with zero attached hydrogens (tertiary/aromatic N) is 1. The Morgan fingerprint density at radius 3 is 2.50 bits per heavy atom. The largest absolute Gasteiger partial charge is 0.493 e. The zero-order valence-corrected chi connectivity index (χ0v) is 22.3. The number of hydrogen-bond acceptors (Lipinski definition) is 7. The maximum Gasteiger partial charge on any atom is 0.247 e. The SMILES string of the molecule is COc1cc(C=O)cc2c1O[C@@H]1[C@@H](O)[C@H](N(C(=O)C=C(C)C)C3CCCCCC3)C=C(C(=O)NCCO)[C@H]21. The predicted molar refractivity (Wildman–Crippen MR) is 141 cm³/mol. The number of rotatable bonds is 8. The summed E-state index contributed by atoms with van der Waals surface area (Å²) in [6.45, 7) is 3.53. The van der Waals surface area contributed by atoms with E-state index in [2.05, 4.69) is 5.32 Å². The van der Waals surface area contributed by atoms with Crippen molar-refractivity contribution in [2.24, 2.45) is 0 Å². The zero-order valence-electron chi connectivity index (χ0n) is 22.3. The van der Waals surface area contributed by atoms with Crippen LogP contribution in [0.4, 0.5) is 0 Å².